The first-order valence-corrected chi connectivity index (χ1v) is 7.22. The molecule has 0 spiro atoms. The van der Waals surface area contributed by atoms with Crippen LogP contribution in [0.3, 0.4) is 0 Å². The molecule has 0 saturated carbocycles. The lowest BCUT2D eigenvalue weighted by molar-refractivity contribution is -0.116. The Morgan fingerprint density at radius 3 is 2.27 bits per heavy atom. The van der Waals surface area contributed by atoms with Gasteiger partial charge in [-0.2, -0.15) is 0 Å². The molecule has 0 aliphatic rings. The van der Waals surface area contributed by atoms with Gasteiger partial charge in [-0.25, -0.2) is 0 Å². The van der Waals surface area contributed by atoms with E-state index in [0.29, 0.717) is 24.7 Å². The minimum absolute atomic E-state index is 0.00696. The van der Waals surface area contributed by atoms with Crippen LogP contribution in [0.2, 0.25) is 0 Å². The van der Waals surface area contributed by atoms with E-state index in [9.17, 15) is 4.79 Å². The standard InChI is InChI=1S/C18H21NO3/c1-14-8-10-16(11-9-14)19(15(2)20)12-13-22-18-7-5-4-6-17(18)21-3/h4-11H,12-13H2,1-3H3. The average Bonchev–Trinajstić information content (AvgIpc) is 2.53. The maximum absolute atomic E-state index is 11.8. The van der Waals surface area contributed by atoms with Crippen LogP contribution in [-0.4, -0.2) is 26.2 Å². The Morgan fingerprint density at radius 2 is 1.68 bits per heavy atom. The molecule has 4 nitrogen and oxygen atoms in total. The molecule has 0 bridgehead atoms. The van der Waals surface area contributed by atoms with Gasteiger partial charge >= 0.3 is 0 Å². The molecule has 4 heteroatoms. The second kappa shape index (κ2) is 7.50. The number of ether oxygens (including phenoxy) is 2. The molecule has 0 heterocycles. The highest BCUT2D eigenvalue weighted by Gasteiger charge is 2.12. The monoisotopic (exact) mass is 299 g/mol. The molecule has 0 N–H and O–H groups in total. The SMILES string of the molecule is COc1ccccc1OCCN(C(C)=O)c1ccc(C)cc1. The van der Waals surface area contributed by atoms with Crippen molar-refractivity contribution in [1.82, 2.24) is 0 Å². The van der Waals surface area contributed by atoms with Gasteiger partial charge in [-0.05, 0) is 31.2 Å². The van der Waals surface area contributed by atoms with E-state index in [4.69, 9.17) is 9.47 Å². The van der Waals surface area contributed by atoms with Crippen LogP contribution < -0.4 is 14.4 Å². The minimum Gasteiger partial charge on any atom is -0.493 e. The third kappa shape index (κ3) is 4.01. The zero-order chi connectivity index (χ0) is 15.9. The van der Waals surface area contributed by atoms with E-state index in [0.717, 1.165) is 11.3 Å². The van der Waals surface area contributed by atoms with Gasteiger partial charge in [0.05, 0.1) is 13.7 Å². The number of carbonyl (C=O) groups is 1. The molecule has 2 aromatic carbocycles. The fourth-order valence-corrected chi connectivity index (χ4v) is 2.18. The van der Waals surface area contributed by atoms with Crippen molar-refractivity contribution in [3.05, 3.63) is 54.1 Å². The smallest absolute Gasteiger partial charge is 0.223 e. The van der Waals surface area contributed by atoms with Crippen LogP contribution in [0, 0.1) is 6.92 Å². The molecule has 1 amide bonds. The number of para-hydroxylation sites is 2. The third-order valence-corrected chi connectivity index (χ3v) is 3.37. The molecule has 0 saturated heterocycles. The van der Waals surface area contributed by atoms with Crippen molar-refractivity contribution in [1.29, 1.82) is 0 Å². The lowest BCUT2D eigenvalue weighted by Crippen LogP contribution is -2.32. The Hall–Kier alpha value is -2.49. The van der Waals surface area contributed by atoms with Crippen molar-refractivity contribution in [2.24, 2.45) is 0 Å². The van der Waals surface area contributed by atoms with Crippen molar-refractivity contribution >= 4 is 11.6 Å². The van der Waals surface area contributed by atoms with E-state index < -0.39 is 0 Å². The van der Waals surface area contributed by atoms with Crippen LogP contribution in [0.1, 0.15) is 12.5 Å². The molecule has 0 aliphatic heterocycles. The Bertz CT molecular complexity index is 622. The van der Waals surface area contributed by atoms with E-state index in [1.807, 2.05) is 55.5 Å². The van der Waals surface area contributed by atoms with Gasteiger partial charge in [0.2, 0.25) is 5.91 Å². The predicted octanol–water partition coefficient (Wildman–Crippen LogP) is 3.44. The van der Waals surface area contributed by atoms with Gasteiger partial charge < -0.3 is 14.4 Å². The van der Waals surface area contributed by atoms with E-state index in [-0.39, 0.29) is 5.91 Å². The summed E-state index contributed by atoms with van der Waals surface area (Å²) in [6.07, 6.45) is 0. The third-order valence-electron chi connectivity index (χ3n) is 3.37. The van der Waals surface area contributed by atoms with Gasteiger partial charge in [-0.1, -0.05) is 29.8 Å². The van der Waals surface area contributed by atoms with Gasteiger partial charge in [0.1, 0.15) is 6.61 Å². The molecule has 0 radical (unpaired) electrons. The molecular formula is C18H21NO3. The largest absolute Gasteiger partial charge is 0.493 e. The van der Waals surface area contributed by atoms with Crippen LogP contribution in [-0.2, 0) is 4.79 Å². The number of hydrogen-bond donors (Lipinski definition) is 0. The normalized spacial score (nSPS) is 10.1. The topological polar surface area (TPSA) is 38.8 Å². The molecule has 0 aromatic heterocycles. The Balaban J connectivity index is 2.01. The summed E-state index contributed by atoms with van der Waals surface area (Å²) in [5, 5.41) is 0. The summed E-state index contributed by atoms with van der Waals surface area (Å²) in [5.41, 5.74) is 2.04. The number of amides is 1. The molecule has 116 valence electrons. The molecular weight excluding hydrogens is 278 g/mol. The average molecular weight is 299 g/mol. The van der Waals surface area contributed by atoms with Crippen molar-refractivity contribution in [2.45, 2.75) is 13.8 Å². The van der Waals surface area contributed by atoms with Gasteiger partial charge in [0.25, 0.3) is 0 Å². The number of methoxy groups -OCH3 is 1. The van der Waals surface area contributed by atoms with Crippen LogP contribution in [0.4, 0.5) is 5.69 Å². The van der Waals surface area contributed by atoms with Gasteiger partial charge in [-0.3, -0.25) is 4.79 Å². The molecule has 2 aromatic rings. The number of rotatable bonds is 6. The van der Waals surface area contributed by atoms with Crippen LogP contribution in [0.25, 0.3) is 0 Å². The second-order valence-electron chi connectivity index (χ2n) is 5.01. The maximum Gasteiger partial charge on any atom is 0.223 e. The Kier molecular flexibility index (Phi) is 5.42. The summed E-state index contributed by atoms with van der Waals surface area (Å²) in [6.45, 7) is 4.46. The summed E-state index contributed by atoms with van der Waals surface area (Å²) in [5.74, 6) is 1.36. The number of hydrogen-bond acceptors (Lipinski definition) is 3. The highest BCUT2D eigenvalue weighted by molar-refractivity contribution is 5.91. The van der Waals surface area contributed by atoms with Gasteiger partial charge in [0, 0.05) is 12.6 Å². The van der Waals surface area contributed by atoms with Gasteiger partial charge in [-0.15, -0.1) is 0 Å². The van der Waals surface area contributed by atoms with Crippen molar-refractivity contribution < 1.29 is 14.3 Å². The number of aryl methyl sites for hydroxylation is 1. The number of carbonyl (C=O) groups excluding carboxylic acids is 1. The molecule has 0 aliphatic carbocycles. The number of benzene rings is 2. The Morgan fingerprint density at radius 1 is 1.05 bits per heavy atom. The minimum atomic E-state index is -0.00696. The summed E-state index contributed by atoms with van der Waals surface area (Å²) < 4.78 is 11.0. The molecule has 0 unspecified atom stereocenters. The van der Waals surface area contributed by atoms with Gasteiger partial charge in [0.15, 0.2) is 11.5 Å². The van der Waals surface area contributed by atoms with Crippen molar-refractivity contribution in [3.8, 4) is 11.5 Å². The summed E-state index contributed by atoms with van der Waals surface area (Å²) in [6, 6.07) is 15.3. The first-order chi connectivity index (χ1) is 10.6. The number of nitrogens with zero attached hydrogens (tertiary/aromatic N) is 1. The first kappa shape index (κ1) is 15.9. The van der Waals surface area contributed by atoms with Crippen LogP contribution >= 0.6 is 0 Å². The summed E-state index contributed by atoms with van der Waals surface area (Å²) >= 11 is 0. The first-order valence-electron chi connectivity index (χ1n) is 7.22. The van der Waals surface area contributed by atoms with Crippen molar-refractivity contribution in [3.63, 3.8) is 0 Å². The fraction of sp³-hybridized carbons (Fsp3) is 0.278. The van der Waals surface area contributed by atoms with Crippen LogP contribution in [0.5, 0.6) is 11.5 Å². The van der Waals surface area contributed by atoms with E-state index >= 15 is 0 Å². The maximum atomic E-state index is 11.8. The quantitative estimate of drug-likeness (QED) is 0.820. The zero-order valence-electron chi connectivity index (χ0n) is 13.2. The predicted molar refractivity (Wildman–Crippen MR) is 87.7 cm³/mol. The summed E-state index contributed by atoms with van der Waals surface area (Å²) in [7, 11) is 1.61. The lowest BCUT2D eigenvalue weighted by Gasteiger charge is -2.21. The van der Waals surface area contributed by atoms with E-state index in [1.165, 1.54) is 0 Å². The lowest BCUT2D eigenvalue weighted by atomic mass is 10.2. The highest BCUT2D eigenvalue weighted by Crippen LogP contribution is 2.25. The fourth-order valence-electron chi connectivity index (χ4n) is 2.18. The van der Waals surface area contributed by atoms with E-state index in [2.05, 4.69) is 0 Å². The summed E-state index contributed by atoms with van der Waals surface area (Å²) in [4.78, 5) is 13.5. The Labute approximate surface area is 131 Å². The molecule has 0 atom stereocenters. The second-order valence-corrected chi connectivity index (χ2v) is 5.01. The molecule has 0 fully saturated rings. The molecule has 22 heavy (non-hydrogen) atoms. The highest BCUT2D eigenvalue weighted by atomic mass is 16.5. The molecule has 2 rings (SSSR count). The zero-order valence-corrected chi connectivity index (χ0v) is 13.2. The van der Waals surface area contributed by atoms with Crippen molar-refractivity contribution in [2.75, 3.05) is 25.2 Å². The van der Waals surface area contributed by atoms with Crippen LogP contribution in [0.15, 0.2) is 48.5 Å². The van der Waals surface area contributed by atoms with E-state index in [1.54, 1.807) is 18.9 Å². The number of anilines is 1.